The maximum Gasteiger partial charge on any atom is 0.210 e. The minimum absolute atomic E-state index is 0.136. The molecule has 2 aliphatic heterocycles. The predicted molar refractivity (Wildman–Crippen MR) is 124 cm³/mol. The van der Waals surface area contributed by atoms with Crippen LogP contribution in [0.5, 0.6) is 0 Å². The van der Waals surface area contributed by atoms with E-state index >= 15 is 0 Å². The number of nitrogens with two attached hydrogens (primary N) is 1. The molecule has 0 aliphatic carbocycles. The molecule has 2 aromatic carbocycles. The van der Waals surface area contributed by atoms with Crippen LogP contribution in [0.3, 0.4) is 0 Å². The Morgan fingerprint density at radius 3 is 2.77 bits per heavy atom. The second kappa shape index (κ2) is 8.19. The summed E-state index contributed by atoms with van der Waals surface area (Å²) >= 11 is 0. The summed E-state index contributed by atoms with van der Waals surface area (Å²) in [4.78, 5) is 20.5. The Kier molecular flexibility index (Phi) is 5.24. The lowest BCUT2D eigenvalue weighted by molar-refractivity contribution is -0.118. The Bertz CT molecular complexity index is 1120. The highest BCUT2D eigenvalue weighted by molar-refractivity contribution is 5.91. The zero-order valence-corrected chi connectivity index (χ0v) is 17.9. The third-order valence-corrected chi connectivity index (χ3v) is 6.56. The molecule has 3 heterocycles. The van der Waals surface area contributed by atoms with Gasteiger partial charge in [0.25, 0.3) is 0 Å². The third-order valence-electron chi connectivity index (χ3n) is 6.56. The van der Waals surface area contributed by atoms with Gasteiger partial charge >= 0.3 is 0 Å². The molecule has 0 bridgehead atoms. The van der Waals surface area contributed by atoms with Crippen LogP contribution in [0.2, 0.25) is 0 Å². The summed E-state index contributed by atoms with van der Waals surface area (Å²) in [5.41, 5.74) is 13.0. The zero-order valence-electron chi connectivity index (χ0n) is 17.9. The van der Waals surface area contributed by atoms with Gasteiger partial charge in [-0.15, -0.1) is 0 Å². The fraction of sp³-hybridized carbons (Fsp3) is 0.360. The second-order valence-corrected chi connectivity index (χ2v) is 8.44. The number of pyridine rings is 1. The van der Waals surface area contributed by atoms with Gasteiger partial charge in [-0.05, 0) is 60.2 Å². The van der Waals surface area contributed by atoms with Gasteiger partial charge in [0.2, 0.25) is 6.41 Å². The van der Waals surface area contributed by atoms with Crippen molar-refractivity contribution < 1.29 is 9.53 Å². The average Bonchev–Trinajstić information content (AvgIpc) is 3.27. The van der Waals surface area contributed by atoms with Crippen molar-refractivity contribution >= 4 is 28.8 Å². The molecule has 0 saturated carbocycles. The quantitative estimate of drug-likeness (QED) is 0.653. The molecule has 31 heavy (non-hydrogen) atoms. The van der Waals surface area contributed by atoms with E-state index in [1.54, 1.807) is 0 Å². The Hall–Kier alpha value is -3.12. The van der Waals surface area contributed by atoms with E-state index in [1.165, 1.54) is 16.7 Å². The van der Waals surface area contributed by atoms with E-state index in [0.29, 0.717) is 19.0 Å². The average molecular weight is 417 g/mol. The standard InChI is InChI=1S/C25H28N4O2/c1-17-4-2-5-20(22-6-3-9-29(22)16-30)24(17)18-7-8-21-19(14-18)15-23(25(26)27-21)28-10-12-31-13-11-28/h2,4-5,7-8,14-16,22H,3,6,9-13H2,1H3,(H2,26,27). The van der Waals surface area contributed by atoms with E-state index < -0.39 is 0 Å². The number of carbonyl (C=O) groups excluding carboxylic acids is 1. The van der Waals surface area contributed by atoms with Crippen molar-refractivity contribution in [3.8, 4) is 11.1 Å². The van der Waals surface area contributed by atoms with Crippen LogP contribution in [0.25, 0.3) is 22.0 Å². The third kappa shape index (κ3) is 3.61. The molecule has 0 spiro atoms. The fourth-order valence-corrected chi connectivity index (χ4v) is 5.00. The maximum absolute atomic E-state index is 11.6. The largest absolute Gasteiger partial charge is 0.382 e. The summed E-state index contributed by atoms with van der Waals surface area (Å²) in [6.07, 6.45) is 3.04. The van der Waals surface area contributed by atoms with Gasteiger partial charge in [0, 0.05) is 25.0 Å². The Balaban J connectivity index is 1.61. The number of amides is 1. The number of nitrogen functional groups attached to an aromatic ring is 1. The number of carbonyl (C=O) groups is 1. The lowest BCUT2D eigenvalue weighted by atomic mass is 9.89. The number of morpholine rings is 1. The molecule has 2 fully saturated rings. The topological polar surface area (TPSA) is 71.7 Å². The number of benzene rings is 2. The molecule has 0 radical (unpaired) electrons. The Morgan fingerprint density at radius 2 is 1.97 bits per heavy atom. The highest BCUT2D eigenvalue weighted by Crippen LogP contribution is 2.39. The number of ether oxygens (including phenoxy) is 1. The van der Waals surface area contributed by atoms with E-state index in [0.717, 1.165) is 61.0 Å². The van der Waals surface area contributed by atoms with Crippen LogP contribution in [0.1, 0.15) is 30.0 Å². The molecule has 2 aliphatic rings. The van der Waals surface area contributed by atoms with Crippen LogP contribution in [-0.2, 0) is 9.53 Å². The first kappa shape index (κ1) is 19.8. The van der Waals surface area contributed by atoms with Crippen LogP contribution >= 0.6 is 0 Å². The van der Waals surface area contributed by atoms with E-state index in [2.05, 4.69) is 53.2 Å². The van der Waals surface area contributed by atoms with Crippen LogP contribution in [0, 0.1) is 6.92 Å². The molecule has 3 aromatic rings. The van der Waals surface area contributed by atoms with Gasteiger partial charge in [0.05, 0.1) is 30.5 Å². The van der Waals surface area contributed by atoms with Gasteiger partial charge in [-0.1, -0.05) is 24.3 Å². The highest BCUT2D eigenvalue weighted by Gasteiger charge is 2.27. The van der Waals surface area contributed by atoms with Gasteiger partial charge in [0.1, 0.15) is 5.82 Å². The summed E-state index contributed by atoms with van der Waals surface area (Å²) < 4.78 is 5.49. The van der Waals surface area contributed by atoms with Crippen molar-refractivity contribution in [2.75, 3.05) is 43.5 Å². The number of rotatable bonds is 4. The molecule has 1 amide bonds. The van der Waals surface area contributed by atoms with E-state index in [1.807, 2.05) is 11.0 Å². The van der Waals surface area contributed by atoms with Gasteiger partial charge < -0.3 is 20.3 Å². The smallest absolute Gasteiger partial charge is 0.210 e. The van der Waals surface area contributed by atoms with Crippen LogP contribution < -0.4 is 10.6 Å². The number of anilines is 2. The van der Waals surface area contributed by atoms with E-state index in [9.17, 15) is 4.79 Å². The molecule has 2 N–H and O–H groups in total. The van der Waals surface area contributed by atoms with E-state index in [-0.39, 0.29) is 6.04 Å². The summed E-state index contributed by atoms with van der Waals surface area (Å²) in [7, 11) is 0. The minimum Gasteiger partial charge on any atom is -0.382 e. The SMILES string of the molecule is Cc1cccc(C2CCCN2C=O)c1-c1ccc2nc(N)c(N3CCOCC3)cc2c1. The molecule has 5 rings (SSSR count). The van der Waals surface area contributed by atoms with Crippen molar-refractivity contribution in [3.05, 3.63) is 53.6 Å². The Morgan fingerprint density at radius 1 is 1.13 bits per heavy atom. The maximum atomic E-state index is 11.6. The van der Waals surface area contributed by atoms with E-state index in [4.69, 9.17) is 10.5 Å². The van der Waals surface area contributed by atoms with Crippen LogP contribution in [0.15, 0.2) is 42.5 Å². The second-order valence-electron chi connectivity index (χ2n) is 8.44. The first-order valence-corrected chi connectivity index (χ1v) is 11.0. The molecule has 160 valence electrons. The summed E-state index contributed by atoms with van der Waals surface area (Å²) in [5.74, 6) is 0.561. The number of aromatic nitrogens is 1. The molecular formula is C25H28N4O2. The number of fused-ring (bicyclic) bond motifs is 1. The van der Waals surface area contributed by atoms with Gasteiger partial charge in [-0.2, -0.15) is 0 Å². The van der Waals surface area contributed by atoms with Gasteiger partial charge in [-0.25, -0.2) is 4.98 Å². The highest BCUT2D eigenvalue weighted by atomic mass is 16.5. The summed E-state index contributed by atoms with van der Waals surface area (Å²) in [6, 6.07) is 15.1. The summed E-state index contributed by atoms with van der Waals surface area (Å²) in [6.45, 7) is 6.02. The number of hydrogen-bond acceptors (Lipinski definition) is 5. The zero-order chi connectivity index (χ0) is 21.4. The predicted octanol–water partition coefficient (Wildman–Crippen LogP) is 3.92. The van der Waals surface area contributed by atoms with Crippen molar-refractivity contribution in [2.24, 2.45) is 0 Å². The number of nitrogens with zero attached hydrogens (tertiary/aromatic N) is 3. The van der Waals surface area contributed by atoms with Gasteiger partial charge in [0.15, 0.2) is 0 Å². The first-order chi connectivity index (χ1) is 15.2. The molecular weight excluding hydrogens is 388 g/mol. The lowest BCUT2D eigenvalue weighted by Gasteiger charge is -2.29. The minimum atomic E-state index is 0.136. The number of hydrogen-bond donors (Lipinski definition) is 1. The Labute approximate surface area is 182 Å². The van der Waals surface area contributed by atoms with Crippen molar-refractivity contribution in [3.63, 3.8) is 0 Å². The molecule has 6 heteroatoms. The summed E-state index contributed by atoms with van der Waals surface area (Å²) in [5, 5.41) is 1.07. The fourth-order valence-electron chi connectivity index (χ4n) is 5.00. The molecule has 1 atom stereocenters. The molecule has 2 saturated heterocycles. The van der Waals surface area contributed by atoms with Crippen molar-refractivity contribution in [1.82, 2.24) is 9.88 Å². The number of aryl methyl sites for hydroxylation is 1. The molecule has 6 nitrogen and oxygen atoms in total. The van der Waals surface area contributed by atoms with Crippen LogP contribution in [-0.4, -0.2) is 49.1 Å². The first-order valence-electron chi connectivity index (χ1n) is 11.0. The van der Waals surface area contributed by atoms with Crippen molar-refractivity contribution in [2.45, 2.75) is 25.8 Å². The molecule has 1 aromatic heterocycles. The van der Waals surface area contributed by atoms with Gasteiger partial charge in [-0.3, -0.25) is 4.79 Å². The number of likely N-dealkylation sites (tertiary alicyclic amines) is 1. The van der Waals surface area contributed by atoms with Crippen LogP contribution in [0.4, 0.5) is 11.5 Å². The van der Waals surface area contributed by atoms with Crippen molar-refractivity contribution in [1.29, 1.82) is 0 Å². The normalized spacial score (nSPS) is 19.2. The lowest BCUT2D eigenvalue weighted by Crippen LogP contribution is -2.36. The monoisotopic (exact) mass is 416 g/mol. The molecule has 1 unspecified atom stereocenters.